The number of nitriles is 1. The van der Waals surface area contributed by atoms with Crippen molar-refractivity contribution in [3.8, 4) is 22.9 Å². The molecule has 2 unspecified atom stereocenters. The largest absolute Gasteiger partial charge is 0.489 e. The predicted octanol–water partition coefficient (Wildman–Crippen LogP) is 3.96. The molecule has 5 rings (SSSR count). The van der Waals surface area contributed by atoms with Gasteiger partial charge in [0.1, 0.15) is 23.7 Å². The maximum Gasteiger partial charge on any atom is 0.137 e. The van der Waals surface area contributed by atoms with Crippen molar-refractivity contribution in [1.82, 2.24) is 15.6 Å². The first-order valence-corrected chi connectivity index (χ1v) is 12.1. The number of ether oxygens (including phenoxy) is 2. The Morgan fingerprint density at radius 2 is 2.00 bits per heavy atom. The van der Waals surface area contributed by atoms with Gasteiger partial charge in [-0.3, -0.25) is 5.32 Å². The summed E-state index contributed by atoms with van der Waals surface area (Å²) in [6.45, 7) is 3.29. The van der Waals surface area contributed by atoms with E-state index in [0.29, 0.717) is 30.4 Å². The van der Waals surface area contributed by atoms with Gasteiger partial charge in [-0.05, 0) is 78.5 Å². The zero-order valence-corrected chi connectivity index (χ0v) is 19.3. The fourth-order valence-electron chi connectivity index (χ4n) is 4.84. The number of dihydropyridines is 1. The molecule has 0 bridgehead atoms. The lowest BCUT2D eigenvalue weighted by atomic mass is 9.87. The molecule has 1 aromatic carbocycles. The molecule has 2 fully saturated rings. The van der Waals surface area contributed by atoms with Crippen LogP contribution in [0, 0.1) is 17.2 Å². The molecule has 0 spiro atoms. The Hall–Kier alpha value is -3.34. The van der Waals surface area contributed by atoms with Gasteiger partial charge in [0.15, 0.2) is 0 Å². The summed E-state index contributed by atoms with van der Waals surface area (Å²) in [5, 5.41) is 20.1. The molecule has 0 saturated carbocycles. The fraction of sp³-hybridized carbons (Fsp3) is 0.407. The van der Waals surface area contributed by atoms with Crippen LogP contribution in [0.1, 0.15) is 31.2 Å². The zero-order valence-electron chi connectivity index (χ0n) is 19.3. The van der Waals surface area contributed by atoms with Gasteiger partial charge in [-0.2, -0.15) is 5.26 Å². The number of hydrogen-bond donors (Lipinski definition) is 3. The van der Waals surface area contributed by atoms with Crippen LogP contribution in [-0.4, -0.2) is 43.6 Å². The van der Waals surface area contributed by atoms with Crippen LogP contribution in [0.15, 0.2) is 60.5 Å². The van der Waals surface area contributed by atoms with Gasteiger partial charge >= 0.3 is 0 Å². The van der Waals surface area contributed by atoms with Crippen molar-refractivity contribution < 1.29 is 9.47 Å². The lowest BCUT2D eigenvalue weighted by Gasteiger charge is -2.32. The lowest BCUT2D eigenvalue weighted by Crippen LogP contribution is -2.43. The summed E-state index contributed by atoms with van der Waals surface area (Å²) in [6.07, 6.45) is 12.5. The molecule has 2 saturated heterocycles. The fourth-order valence-corrected chi connectivity index (χ4v) is 4.84. The molecule has 0 amide bonds. The number of anilines is 1. The number of benzene rings is 1. The first-order chi connectivity index (χ1) is 16.8. The minimum absolute atomic E-state index is 0.103. The number of nitrogens with zero attached hydrogens (tertiary/aromatic N) is 2. The van der Waals surface area contributed by atoms with Crippen LogP contribution in [0.25, 0.3) is 11.1 Å². The van der Waals surface area contributed by atoms with Gasteiger partial charge in [-0.25, -0.2) is 4.98 Å². The van der Waals surface area contributed by atoms with Crippen molar-refractivity contribution in [2.45, 2.75) is 38.0 Å². The number of allylic oxidation sites excluding steroid dienone is 2. The lowest BCUT2D eigenvalue weighted by molar-refractivity contribution is 0.0254. The minimum atomic E-state index is 0.103. The van der Waals surface area contributed by atoms with E-state index in [4.69, 9.17) is 9.47 Å². The minimum Gasteiger partial charge on any atom is -0.489 e. The molecule has 3 aliphatic rings. The number of nitrogens with one attached hydrogen (secondary N) is 3. The number of rotatable bonds is 6. The SMILES string of the molecule is N#Cc1cc(-c2ccnc(NC3CC(C4=CCNC=C4)CCN3)c2)ccc1OC1CCOCC1. The van der Waals surface area contributed by atoms with Gasteiger partial charge in [0, 0.05) is 25.6 Å². The highest BCUT2D eigenvalue weighted by molar-refractivity contribution is 5.69. The number of piperidine rings is 1. The van der Waals surface area contributed by atoms with E-state index >= 15 is 0 Å². The average molecular weight is 458 g/mol. The van der Waals surface area contributed by atoms with Gasteiger partial charge in [-0.15, -0.1) is 0 Å². The van der Waals surface area contributed by atoms with Gasteiger partial charge in [-0.1, -0.05) is 12.1 Å². The molecule has 7 nitrogen and oxygen atoms in total. The molecule has 0 radical (unpaired) electrons. The van der Waals surface area contributed by atoms with E-state index in [1.54, 1.807) is 0 Å². The third-order valence-electron chi connectivity index (χ3n) is 6.70. The van der Waals surface area contributed by atoms with Crippen LogP contribution in [0.2, 0.25) is 0 Å². The van der Waals surface area contributed by atoms with Crippen molar-refractivity contribution in [2.75, 3.05) is 31.6 Å². The van der Waals surface area contributed by atoms with Crippen LogP contribution >= 0.6 is 0 Å². The maximum absolute atomic E-state index is 9.72. The van der Waals surface area contributed by atoms with E-state index in [0.717, 1.165) is 55.7 Å². The number of aromatic nitrogens is 1. The van der Waals surface area contributed by atoms with Crippen LogP contribution in [0.3, 0.4) is 0 Å². The predicted molar refractivity (Wildman–Crippen MR) is 132 cm³/mol. The molecular weight excluding hydrogens is 426 g/mol. The molecule has 0 aliphatic carbocycles. The summed E-state index contributed by atoms with van der Waals surface area (Å²) in [5.74, 6) is 2.01. The second kappa shape index (κ2) is 10.7. The molecule has 2 atom stereocenters. The third kappa shape index (κ3) is 5.41. The van der Waals surface area contributed by atoms with Gasteiger partial charge in [0.25, 0.3) is 0 Å². The van der Waals surface area contributed by atoms with E-state index in [2.05, 4.69) is 39.2 Å². The monoisotopic (exact) mass is 457 g/mol. The zero-order chi connectivity index (χ0) is 23.2. The first-order valence-electron chi connectivity index (χ1n) is 12.1. The van der Waals surface area contributed by atoms with E-state index in [9.17, 15) is 5.26 Å². The Kier molecular flexibility index (Phi) is 7.08. The van der Waals surface area contributed by atoms with Crippen molar-refractivity contribution in [3.63, 3.8) is 0 Å². The standard InChI is InChI=1S/C27H31N5O2/c28-18-23-15-20(1-2-25(23)34-24-7-13-33-14-8-24)22-6-12-31-27(17-22)32-26-16-21(5-11-30-26)19-3-9-29-10-4-19/h1-4,6,9,12,15,17,21,24,26,29-30H,5,7-8,10-11,13-14,16H2,(H,31,32). The molecule has 3 aliphatic heterocycles. The van der Waals surface area contributed by atoms with Crippen LogP contribution in [-0.2, 0) is 4.74 Å². The second-order valence-corrected chi connectivity index (χ2v) is 9.00. The van der Waals surface area contributed by atoms with Crippen molar-refractivity contribution >= 4 is 5.82 Å². The van der Waals surface area contributed by atoms with E-state index in [1.165, 1.54) is 5.57 Å². The number of pyridine rings is 1. The average Bonchev–Trinajstić information content (AvgIpc) is 2.90. The topological polar surface area (TPSA) is 91.2 Å². The first kappa shape index (κ1) is 22.5. The van der Waals surface area contributed by atoms with Gasteiger partial charge in [0.05, 0.1) is 24.9 Å². The molecule has 2 aromatic rings. The van der Waals surface area contributed by atoms with Gasteiger partial charge in [0.2, 0.25) is 0 Å². The Morgan fingerprint density at radius 3 is 2.82 bits per heavy atom. The highest BCUT2D eigenvalue weighted by Crippen LogP contribution is 2.30. The normalized spacial score (nSPS) is 22.9. The molecule has 3 N–H and O–H groups in total. The van der Waals surface area contributed by atoms with Gasteiger partial charge < -0.3 is 20.1 Å². The highest BCUT2D eigenvalue weighted by atomic mass is 16.5. The molecule has 7 heteroatoms. The molecule has 34 heavy (non-hydrogen) atoms. The second-order valence-electron chi connectivity index (χ2n) is 9.00. The summed E-state index contributed by atoms with van der Waals surface area (Å²) >= 11 is 0. The Labute approximate surface area is 200 Å². The summed E-state index contributed by atoms with van der Waals surface area (Å²) in [6, 6.07) is 12.1. The van der Waals surface area contributed by atoms with Crippen molar-refractivity contribution in [1.29, 1.82) is 5.26 Å². The summed E-state index contributed by atoms with van der Waals surface area (Å²) in [5.41, 5.74) is 3.96. The molecular formula is C27H31N5O2. The number of hydrogen-bond acceptors (Lipinski definition) is 7. The van der Waals surface area contributed by atoms with E-state index in [1.807, 2.05) is 42.7 Å². The van der Waals surface area contributed by atoms with E-state index in [-0.39, 0.29) is 12.3 Å². The van der Waals surface area contributed by atoms with Crippen molar-refractivity contribution in [2.24, 2.45) is 5.92 Å². The quantitative estimate of drug-likeness (QED) is 0.605. The van der Waals surface area contributed by atoms with Crippen LogP contribution in [0.4, 0.5) is 5.82 Å². The van der Waals surface area contributed by atoms with Crippen molar-refractivity contribution in [3.05, 3.63) is 66.0 Å². The van der Waals surface area contributed by atoms with Crippen LogP contribution < -0.4 is 20.7 Å². The summed E-state index contributed by atoms with van der Waals surface area (Å²) < 4.78 is 11.5. The molecule has 176 valence electrons. The maximum atomic E-state index is 9.72. The smallest absolute Gasteiger partial charge is 0.137 e. The summed E-state index contributed by atoms with van der Waals surface area (Å²) in [4.78, 5) is 4.54. The molecule has 4 heterocycles. The summed E-state index contributed by atoms with van der Waals surface area (Å²) in [7, 11) is 0. The van der Waals surface area contributed by atoms with E-state index < -0.39 is 0 Å². The molecule has 1 aromatic heterocycles. The van der Waals surface area contributed by atoms with Crippen LogP contribution in [0.5, 0.6) is 5.75 Å². The highest BCUT2D eigenvalue weighted by Gasteiger charge is 2.24. The Morgan fingerprint density at radius 1 is 1.12 bits per heavy atom. The Balaban J connectivity index is 1.27. The third-order valence-corrected chi connectivity index (χ3v) is 6.70. The Bertz CT molecular complexity index is 1100.